The summed E-state index contributed by atoms with van der Waals surface area (Å²) in [5.74, 6) is 0.439. The standard InChI is InChI=1S/C17H17BClN3O/c1-3-16(13(10-20)9-12(2)18)22-8-6-14(11-22)23-17-15(19)5-4-7-21-17/h3-5,7,9,14H,2,6,8,11H2,1H3/b13-9-,16-3+. The summed E-state index contributed by atoms with van der Waals surface area (Å²) < 4.78 is 5.87. The second-order valence-corrected chi connectivity index (χ2v) is 5.59. The Morgan fingerprint density at radius 3 is 3.04 bits per heavy atom. The summed E-state index contributed by atoms with van der Waals surface area (Å²) in [5, 5.41) is 9.83. The Morgan fingerprint density at radius 1 is 1.65 bits per heavy atom. The number of rotatable bonds is 5. The summed E-state index contributed by atoms with van der Waals surface area (Å²) in [5.41, 5.74) is 1.68. The van der Waals surface area contributed by atoms with Crippen molar-refractivity contribution in [2.24, 2.45) is 0 Å². The van der Waals surface area contributed by atoms with E-state index in [-0.39, 0.29) is 6.10 Å². The number of halogens is 1. The van der Waals surface area contributed by atoms with Crippen LogP contribution in [0.15, 0.2) is 53.8 Å². The van der Waals surface area contributed by atoms with Gasteiger partial charge in [-0.05, 0) is 25.1 Å². The van der Waals surface area contributed by atoms with Gasteiger partial charge < -0.3 is 9.64 Å². The van der Waals surface area contributed by atoms with E-state index >= 15 is 0 Å². The van der Waals surface area contributed by atoms with Crippen molar-refractivity contribution in [3.05, 3.63) is 58.8 Å². The average Bonchev–Trinajstić information content (AvgIpc) is 2.97. The Morgan fingerprint density at radius 2 is 2.43 bits per heavy atom. The highest BCUT2D eigenvalue weighted by Crippen LogP contribution is 2.27. The van der Waals surface area contributed by atoms with Crippen LogP contribution in [0, 0.1) is 11.3 Å². The van der Waals surface area contributed by atoms with Gasteiger partial charge in [0.05, 0.1) is 17.8 Å². The fourth-order valence-electron chi connectivity index (χ4n) is 2.52. The van der Waals surface area contributed by atoms with Gasteiger partial charge in [0, 0.05) is 19.2 Å². The molecule has 1 aliphatic rings. The number of pyridine rings is 1. The van der Waals surface area contributed by atoms with Gasteiger partial charge in [-0.25, -0.2) is 4.98 Å². The second-order valence-electron chi connectivity index (χ2n) is 5.18. The Bertz CT molecular complexity index is 693. The Balaban J connectivity index is 2.08. The molecule has 0 aliphatic carbocycles. The molecule has 2 rings (SSSR count). The third kappa shape index (κ3) is 4.40. The lowest BCUT2D eigenvalue weighted by atomic mass is 9.94. The van der Waals surface area contributed by atoms with Gasteiger partial charge in [0.2, 0.25) is 5.88 Å². The lowest BCUT2D eigenvalue weighted by molar-refractivity contribution is 0.202. The second kappa shape index (κ2) is 7.89. The molecule has 2 heterocycles. The smallest absolute Gasteiger partial charge is 0.232 e. The molecule has 2 radical (unpaired) electrons. The van der Waals surface area contributed by atoms with Crippen molar-refractivity contribution >= 4 is 19.4 Å². The first kappa shape index (κ1) is 17.2. The fraction of sp³-hybridized carbons (Fsp3) is 0.294. The predicted octanol–water partition coefficient (Wildman–Crippen LogP) is 3.22. The van der Waals surface area contributed by atoms with Gasteiger partial charge in [-0.3, -0.25) is 0 Å². The number of ether oxygens (including phenoxy) is 1. The summed E-state index contributed by atoms with van der Waals surface area (Å²) in [6.07, 6.45) is 5.92. The monoisotopic (exact) mass is 325 g/mol. The molecular weight excluding hydrogens is 308 g/mol. The van der Waals surface area contributed by atoms with Crippen LogP contribution in [0.25, 0.3) is 0 Å². The number of nitriles is 1. The van der Waals surface area contributed by atoms with Gasteiger partial charge in [-0.2, -0.15) is 5.26 Å². The largest absolute Gasteiger partial charge is 0.471 e. The topological polar surface area (TPSA) is 49.2 Å². The molecule has 1 unspecified atom stereocenters. The first-order valence-electron chi connectivity index (χ1n) is 7.30. The molecule has 6 heteroatoms. The number of likely N-dealkylation sites (tertiary alicyclic amines) is 1. The zero-order chi connectivity index (χ0) is 16.8. The highest BCUT2D eigenvalue weighted by atomic mass is 35.5. The van der Waals surface area contributed by atoms with Crippen molar-refractivity contribution in [2.45, 2.75) is 19.4 Å². The lowest BCUT2D eigenvalue weighted by Crippen LogP contribution is -2.25. The predicted molar refractivity (Wildman–Crippen MR) is 92.2 cm³/mol. The van der Waals surface area contributed by atoms with Gasteiger partial charge >= 0.3 is 0 Å². The Labute approximate surface area is 143 Å². The van der Waals surface area contributed by atoms with Crippen LogP contribution in [-0.4, -0.2) is 36.9 Å². The van der Waals surface area contributed by atoms with Crippen molar-refractivity contribution in [1.82, 2.24) is 9.88 Å². The molecule has 4 nitrogen and oxygen atoms in total. The number of aromatic nitrogens is 1. The minimum absolute atomic E-state index is 0.0293. The van der Waals surface area contributed by atoms with Crippen LogP contribution >= 0.6 is 11.6 Å². The normalized spacial score (nSPS) is 18.7. The molecule has 0 aromatic carbocycles. The molecule has 0 saturated carbocycles. The summed E-state index contributed by atoms with van der Waals surface area (Å²) in [7, 11) is 5.59. The summed E-state index contributed by atoms with van der Waals surface area (Å²) in [6.45, 7) is 6.95. The van der Waals surface area contributed by atoms with E-state index in [9.17, 15) is 5.26 Å². The van der Waals surface area contributed by atoms with Crippen LogP contribution in [0.3, 0.4) is 0 Å². The molecule has 1 aliphatic heterocycles. The van der Waals surface area contributed by atoms with Crippen molar-refractivity contribution in [2.75, 3.05) is 13.1 Å². The van der Waals surface area contributed by atoms with E-state index in [0.29, 0.717) is 28.5 Å². The number of nitrogens with zero attached hydrogens (tertiary/aromatic N) is 3. The third-order valence-corrected chi connectivity index (χ3v) is 3.78. The lowest BCUT2D eigenvalue weighted by Gasteiger charge is -2.22. The molecule has 116 valence electrons. The average molecular weight is 326 g/mol. The Kier molecular flexibility index (Phi) is 5.89. The first-order valence-corrected chi connectivity index (χ1v) is 7.68. The number of hydrogen-bond acceptors (Lipinski definition) is 4. The third-order valence-electron chi connectivity index (χ3n) is 3.49. The van der Waals surface area contributed by atoms with Gasteiger partial charge in [0.15, 0.2) is 0 Å². The van der Waals surface area contributed by atoms with E-state index in [0.717, 1.165) is 18.7 Å². The molecule has 23 heavy (non-hydrogen) atoms. The molecule has 0 spiro atoms. The summed E-state index contributed by atoms with van der Waals surface area (Å²) in [6, 6.07) is 5.68. The molecule has 1 aromatic rings. The number of hydrogen-bond donors (Lipinski definition) is 0. The van der Waals surface area contributed by atoms with Crippen molar-refractivity contribution < 1.29 is 4.74 Å². The molecule has 1 atom stereocenters. The minimum atomic E-state index is -0.0293. The molecule has 0 bridgehead atoms. The molecule has 1 aromatic heterocycles. The number of allylic oxidation sites excluding steroid dienone is 4. The van der Waals surface area contributed by atoms with Crippen LogP contribution in [0.4, 0.5) is 0 Å². The van der Waals surface area contributed by atoms with Crippen molar-refractivity contribution in [1.29, 1.82) is 5.26 Å². The van der Waals surface area contributed by atoms with Crippen LogP contribution in [0.2, 0.25) is 5.02 Å². The van der Waals surface area contributed by atoms with Crippen molar-refractivity contribution in [3.63, 3.8) is 0 Å². The molecular formula is C17H17BClN3O. The van der Waals surface area contributed by atoms with Gasteiger partial charge in [0.1, 0.15) is 25.0 Å². The molecule has 0 N–H and O–H groups in total. The van der Waals surface area contributed by atoms with E-state index in [2.05, 4.69) is 22.5 Å². The van der Waals surface area contributed by atoms with Gasteiger partial charge in [-0.1, -0.05) is 17.7 Å². The maximum Gasteiger partial charge on any atom is 0.232 e. The van der Waals surface area contributed by atoms with Crippen LogP contribution in [0.5, 0.6) is 5.88 Å². The van der Waals surface area contributed by atoms with E-state index in [1.54, 1.807) is 24.4 Å². The fourth-order valence-corrected chi connectivity index (χ4v) is 2.68. The van der Waals surface area contributed by atoms with Crippen LogP contribution < -0.4 is 4.74 Å². The van der Waals surface area contributed by atoms with E-state index in [1.807, 2.05) is 13.0 Å². The quantitative estimate of drug-likeness (QED) is 0.474. The van der Waals surface area contributed by atoms with E-state index in [4.69, 9.17) is 24.2 Å². The molecule has 0 amide bonds. The van der Waals surface area contributed by atoms with Crippen molar-refractivity contribution in [3.8, 4) is 11.9 Å². The van der Waals surface area contributed by atoms with E-state index in [1.165, 1.54) is 0 Å². The highest BCUT2D eigenvalue weighted by Gasteiger charge is 2.27. The zero-order valence-electron chi connectivity index (χ0n) is 13.0. The van der Waals surface area contributed by atoms with E-state index < -0.39 is 0 Å². The van der Waals surface area contributed by atoms with Gasteiger partial charge in [0.25, 0.3) is 0 Å². The zero-order valence-corrected chi connectivity index (χ0v) is 13.8. The molecule has 1 saturated heterocycles. The molecule has 1 fully saturated rings. The maximum atomic E-state index is 9.33. The minimum Gasteiger partial charge on any atom is -0.471 e. The van der Waals surface area contributed by atoms with Crippen LogP contribution in [0.1, 0.15) is 13.3 Å². The summed E-state index contributed by atoms with van der Waals surface area (Å²) in [4.78, 5) is 6.24. The van der Waals surface area contributed by atoms with Crippen LogP contribution in [-0.2, 0) is 0 Å². The maximum absolute atomic E-state index is 9.33. The first-order chi connectivity index (χ1) is 11.0. The van der Waals surface area contributed by atoms with Gasteiger partial charge in [-0.15, -0.1) is 12.1 Å². The highest BCUT2D eigenvalue weighted by molar-refractivity contribution is 6.31. The SMILES string of the molecule is [B]C(=C)/C=C(C#N)\C(=C/C)N1CCC(Oc2ncccc2Cl)C1. The Hall–Kier alpha value is -2.19. The summed E-state index contributed by atoms with van der Waals surface area (Å²) >= 11 is 6.07.